The van der Waals surface area contributed by atoms with Crippen molar-refractivity contribution < 1.29 is 18.0 Å². The molecule has 1 heterocycles. The van der Waals surface area contributed by atoms with Crippen LogP contribution in [0.1, 0.15) is 16.8 Å². The second-order valence-corrected chi connectivity index (χ2v) is 8.24. The van der Waals surface area contributed by atoms with Crippen molar-refractivity contribution in [3.8, 4) is 0 Å². The number of hydrogen-bond acceptors (Lipinski definition) is 5. The highest BCUT2D eigenvalue weighted by Gasteiger charge is 2.21. The number of nitrogens with one attached hydrogen (secondary N) is 2. The van der Waals surface area contributed by atoms with Crippen LogP contribution < -0.4 is 10.3 Å². The molecule has 0 saturated carbocycles. The number of hydrazine groups is 1. The number of nitrogens with zero attached hydrogens (tertiary/aromatic N) is 1. The minimum absolute atomic E-state index is 0.0240. The zero-order chi connectivity index (χ0) is 20.9. The van der Waals surface area contributed by atoms with Crippen molar-refractivity contribution in [3.05, 3.63) is 89.2 Å². The molecule has 0 spiro atoms. The first kappa shape index (κ1) is 20.8. The lowest BCUT2D eigenvalue weighted by Crippen LogP contribution is -2.42. The Balaban J connectivity index is 1.66. The van der Waals surface area contributed by atoms with Crippen molar-refractivity contribution in [3.63, 3.8) is 0 Å². The largest absolute Gasteiger partial charge is 0.331 e. The monoisotopic (exact) mass is 431 g/mol. The Kier molecular flexibility index (Phi) is 6.48. The molecule has 7 nitrogen and oxygen atoms in total. The zero-order valence-corrected chi connectivity index (χ0v) is 16.8. The summed E-state index contributed by atoms with van der Waals surface area (Å²) in [6.07, 6.45) is 3.23. The lowest BCUT2D eigenvalue weighted by Gasteiger charge is -2.24. The second-order valence-electron chi connectivity index (χ2n) is 6.18. The first-order chi connectivity index (χ1) is 13.9. The summed E-state index contributed by atoms with van der Waals surface area (Å²) in [6, 6.07) is 16.4. The van der Waals surface area contributed by atoms with E-state index in [0.717, 1.165) is 0 Å². The fourth-order valence-electron chi connectivity index (χ4n) is 2.61. The second kappa shape index (κ2) is 9.04. The van der Waals surface area contributed by atoms with Crippen LogP contribution in [0.4, 0.5) is 0 Å². The molecule has 0 fully saturated rings. The summed E-state index contributed by atoms with van der Waals surface area (Å²) in [5.74, 6) is -0.804. The van der Waals surface area contributed by atoms with Crippen molar-refractivity contribution >= 4 is 33.3 Å². The number of carbonyl (C=O) groups is 2. The highest BCUT2D eigenvalue weighted by molar-refractivity contribution is 7.89. The molecule has 0 atom stereocenters. The van der Waals surface area contributed by atoms with Gasteiger partial charge in [-0.1, -0.05) is 60.1 Å². The number of rotatable bonds is 7. The first-order valence-corrected chi connectivity index (χ1v) is 10.5. The van der Waals surface area contributed by atoms with Crippen LogP contribution in [0.2, 0.25) is 0 Å². The number of allylic oxidation sites excluding steroid dienone is 1. The van der Waals surface area contributed by atoms with E-state index in [1.807, 2.05) is 6.07 Å². The molecular weight excluding hydrogens is 414 g/mol. The van der Waals surface area contributed by atoms with E-state index in [4.69, 9.17) is 11.6 Å². The molecule has 1 aliphatic rings. The molecule has 2 N–H and O–H groups in total. The van der Waals surface area contributed by atoms with Crippen LogP contribution in [0.15, 0.2) is 88.6 Å². The molecule has 0 radical (unpaired) electrons. The van der Waals surface area contributed by atoms with E-state index in [9.17, 15) is 18.0 Å². The highest BCUT2D eigenvalue weighted by Crippen LogP contribution is 2.22. The summed E-state index contributed by atoms with van der Waals surface area (Å²) >= 11 is 6.16. The average molecular weight is 432 g/mol. The third-order valence-electron chi connectivity index (χ3n) is 4.13. The number of amides is 1. The number of hydrogen-bond donors (Lipinski definition) is 2. The lowest BCUT2D eigenvalue weighted by atomic mass is 10.1. The van der Waals surface area contributed by atoms with Gasteiger partial charge in [0.05, 0.1) is 11.4 Å². The van der Waals surface area contributed by atoms with Crippen LogP contribution in [0.3, 0.4) is 0 Å². The highest BCUT2D eigenvalue weighted by atomic mass is 35.5. The third-order valence-corrected chi connectivity index (χ3v) is 5.77. The minimum Gasteiger partial charge on any atom is -0.331 e. The molecule has 29 heavy (non-hydrogen) atoms. The average Bonchev–Trinajstić information content (AvgIpc) is 2.75. The van der Waals surface area contributed by atoms with E-state index < -0.39 is 15.9 Å². The zero-order valence-electron chi connectivity index (χ0n) is 15.2. The Morgan fingerprint density at radius 1 is 1.00 bits per heavy atom. The van der Waals surface area contributed by atoms with Gasteiger partial charge in [-0.25, -0.2) is 8.42 Å². The Bertz CT molecular complexity index is 1070. The molecule has 9 heteroatoms. The molecule has 0 saturated heterocycles. The summed E-state index contributed by atoms with van der Waals surface area (Å²) in [7, 11) is -3.89. The lowest BCUT2D eigenvalue weighted by molar-refractivity contribution is -0.118. The van der Waals surface area contributed by atoms with Crippen molar-refractivity contribution in [2.24, 2.45) is 0 Å². The molecule has 0 aromatic heterocycles. The number of ketones is 1. The smallest absolute Gasteiger partial charge is 0.263 e. The van der Waals surface area contributed by atoms with Gasteiger partial charge in [-0.3, -0.25) is 15.0 Å². The number of carbonyl (C=O) groups excluding carboxylic acids is 2. The fourth-order valence-corrected chi connectivity index (χ4v) is 3.65. The van der Waals surface area contributed by atoms with Gasteiger partial charge >= 0.3 is 0 Å². The van der Waals surface area contributed by atoms with Gasteiger partial charge in [-0.05, 0) is 18.2 Å². The molecule has 2 aromatic carbocycles. The van der Waals surface area contributed by atoms with Gasteiger partial charge in [0.15, 0.2) is 5.78 Å². The van der Waals surface area contributed by atoms with Gasteiger partial charge < -0.3 is 4.90 Å². The summed E-state index contributed by atoms with van der Waals surface area (Å²) in [5.41, 5.74) is 2.96. The van der Waals surface area contributed by atoms with Gasteiger partial charge in [0, 0.05) is 23.8 Å². The molecule has 1 aliphatic heterocycles. The molecule has 0 aliphatic carbocycles. The van der Waals surface area contributed by atoms with E-state index in [2.05, 4.69) is 10.3 Å². The number of sulfonamides is 1. The summed E-state index contributed by atoms with van der Waals surface area (Å²) < 4.78 is 24.4. The first-order valence-electron chi connectivity index (χ1n) is 8.65. The summed E-state index contributed by atoms with van der Waals surface area (Å²) in [5, 5.41) is 0.315. The summed E-state index contributed by atoms with van der Waals surface area (Å²) in [6.45, 7) is -0.0497. The summed E-state index contributed by atoms with van der Waals surface area (Å²) in [4.78, 5) is 28.3. The SMILES string of the molecule is O=C(NNS(=O)(=O)c1ccccc1)C1=CN(CC(=O)c2ccccc2)C(Cl)=CC1. The maximum atomic E-state index is 12.4. The third kappa shape index (κ3) is 5.32. The Hall–Kier alpha value is -2.94. The maximum absolute atomic E-state index is 12.4. The maximum Gasteiger partial charge on any atom is 0.263 e. The van der Waals surface area contributed by atoms with Crippen LogP contribution >= 0.6 is 11.6 Å². The fraction of sp³-hybridized carbons (Fsp3) is 0.100. The Morgan fingerprint density at radius 3 is 2.28 bits per heavy atom. The van der Waals surface area contributed by atoms with E-state index in [1.54, 1.807) is 48.5 Å². The number of benzene rings is 2. The van der Waals surface area contributed by atoms with Crippen LogP contribution in [0.25, 0.3) is 0 Å². The molecule has 3 rings (SSSR count). The molecule has 150 valence electrons. The van der Waals surface area contributed by atoms with E-state index >= 15 is 0 Å². The van der Waals surface area contributed by atoms with Crippen molar-refractivity contribution in [1.29, 1.82) is 0 Å². The predicted octanol–water partition coefficient (Wildman–Crippen LogP) is 2.55. The van der Waals surface area contributed by atoms with Gasteiger partial charge in [0.2, 0.25) is 0 Å². The van der Waals surface area contributed by atoms with E-state index in [1.165, 1.54) is 23.2 Å². The predicted molar refractivity (Wildman–Crippen MR) is 109 cm³/mol. The van der Waals surface area contributed by atoms with Crippen LogP contribution in [-0.2, 0) is 14.8 Å². The standard InChI is InChI=1S/C20H18ClN3O4S/c21-19-12-11-16(13-24(19)14-18(25)15-7-3-1-4-8-15)20(26)22-23-29(27,28)17-9-5-2-6-10-17/h1-10,12-13,23H,11,14H2,(H,22,26). The number of Topliss-reactive ketones (excluding diaryl/α,β-unsaturated/α-hetero) is 1. The minimum atomic E-state index is -3.89. The van der Waals surface area contributed by atoms with Gasteiger partial charge in [0.1, 0.15) is 5.16 Å². The normalized spacial score (nSPS) is 14.0. The molecule has 2 aromatic rings. The van der Waals surface area contributed by atoms with E-state index in [0.29, 0.717) is 10.7 Å². The van der Waals surface area contributed by atoms with Crippen molar-refractivity contribution in [2.45, 2.75) is 11.3 Å². The quantitative estimate of drug-likeness (QED) is 0.399. The van der Waals surface area contributed by atoms with Gasteiger partial charge in [0.25, 0.3) is 15.9 Å². The molecule has 0 bridgehead atoms. The van der Waals surface area contributed by atoms with E-state index in [-0.39, 0.29) is 29.2 Å². The van der Waals surface area contributed by atoms with Crippen molar-refractivity contribution in [2.75, 3.05) is 6.54 Å². The molecule has 1 amide bonds. The topological polar surface area (TPSA) is 95.6 Å². The van der Waals surface area contributed by atoms with Crippen LogP contribution in [-0.4, -0.2) is 31.6 Å². The van der Waals surface area contributed by atoms with Crippen molar-refractivity contribution in [1.82, 2.24) is 15.2 Å². The van der Waals surface area contributed by atoms with Crippen LogP contribution in [0.5, 0.6) is 0 Å². The molecule has 0 unspecified atom stereocenters. The Labute approximate surface area is 173 Å². The van der Waals surface area contributed by atoms with Gasteiger partial charge in [-0.2, -0.15) is 0 Å². The number of halogens is 1. The molecular formula is C20H18ClN3O4S. The van der Waals surface area contributed by atoms with Crippen LogP contribution in [0, 0.1) is 0 Å². The van der Waals surface area contributed by atoms with Gasteiger partial charge in [-0.15, -0.1) is 4.83 Å². The Morgan fingerprint density at radius 2 is 1.62 bits per heavy atom.